The van der Waals surface area contributed by atoms with Crippen molar-refractivity contribution in [2.75, 3.05) is 7.11 Å². The van der Waals surface area contributed by atoms with Gasteiger partial charge in [-0.15, -0.1) is 0 Å². The number of carbonyl (C=O) groups excluding carboxylic acids is 1. The second-order valence-electron chi connectivity index (χ2n) is 3.20. The lowest BCUT2D eigenvalue weighted by Crippen LogP contribution is -2.39. The van der Waals surface area contributed by atoms with Crippen LogP contribution in [0.3, 0.4) is 0 Å². The minimum Gasteiger partial charge on any atom is -0.468 e. The Labute approximate surface area is 108 Å². The number of aromatic nitrogens is 1. The van der Waals surface area contributed by atoms with Gasteiger partial charge >= 0.3 is 5.97 Å². The van der Waals surface area contributed by atoms with E-state index in [1.165, 1.54) is 32.5 Å². The van der Waals surface area contributed by atoms with E-state index in [4.69, 9.17) is 0 Å². The first-order chi connectivity index (χ1) is 7.86. The van der Waals surface area contributed by atoms with Gasteiger partial charge in [0.2, 0.25) is 10.0 Å². The van der Waals surface area contributed by atoms with Gasteiger partial charge in [0.1, 0.15) is 10.9 Å². The summed E-state index contributed by atoms with van der Waals surface area (Å²) in [6.45, 7) is 1.40. The Morgan fingerprint density at radius 2 is 2.18 bits per heavy atom. The Hall–Kier alpha value is -0.990. The molecule has 1 unspecified atom stereocenters. The summed E-state index contributed by atoms with van der Waals surface area (Å²) in [6.07, 6.45) is 2.65. The van der Waals surface area contributed by atoms with Crippen LogP contribution in [0.25, 0.3) is 0 Å². The van der Waals surface area contributed by atoms with E-state index in [1.54, 1.807) is 0 Å². The van der Waals surface area contributed by atoms with E-state index in [2.05, 4.69) is 30.4 Å². The monoisotopic (exact) mass is 322 g/mol. The molecule has 17 heavy (non-hydrogen) atoms. The first-order valence-electron chi connectivity index (χ1n) is 4.57. The lowest BCUT2D eigenvalue weighted by molar-refractivity contribution is -0.142. The van der Waals surface area contributed by atoms with Crippen molar-refractivity contribution in [1.82, 2.24) is 9.71 Å². The van der Waals surface area contributed by atoms with Crippen molar-refractivity contribution in [3.8, 4) is 0 Å². The van der Waals surface area contributed by atoms with Crippen molar-refractivity contribution in [3.05, 3.63) is 22.9 Å². The molecular weight excluding hydrogens is 312 g/mol. The molecule has 1 heterocycles. The van der Waals surface area contributed by atoms with E-state index < -0.39 is 22.0 Å². The largest absolute Gasteiger partial charge is 0.468 e. The van der Waals surface area contributed by atoms with Crippen LogP contribution in [0.1, 0.15) is 6.92 Å². The van der Waals surface area contributed by atoms with Gasteiger partial charge in [-0.05, 0) is 28.9 Å². The number of sulfonamides is 1. The Bertz CT molecular complexity index is 517. The number of nitrogens with one attached hydrogen (secondary N) is 1. The van der Waals surface area contributed by atoms with Crippen molar-refractivity contribution >= 4 is 31.9 Å². The molecule has 0 saturated heterocycles. The van der Waals surface area contributed by atoms with E-state index in [1.807, 2.05) is 0 Å². The number of halogens is 1. The summed E-state index contributed by atoms with van der Waals surface area (Å²) >= 11 is 3.12. The van der Waals surface area contributed by atoms with Crippen LogP contribution in [0.15, 0.2) is 27.8 Å². The standard InChI is InChI=1S/C9H11BrN2O4S/c1-6(9(13)16-2)12-17(14,15)8-3-7(10)4-11-5-8/h3-6,12H,1-2H3. The molecule has 0 aliphatic carbocycles. The number of hydrogen-bond acceptors (Lipinski definition) is 5. The van der Waals surface area contributed by atoms with Crippen molar-refractivity contribution < 1.29 is 17.9 Å². The molecule has 0 amide bonds. The Morgan fingerprint density at radius 3 is 2.71 bits per heavy atom. The molecule has 0 saturated carbocycles. The molecule has 0 fully saturated rings. The highest BCUT2D eigenvalue weighted by Gasteiger charge is 2.22. The number of methoxy groups -OCH3 is 1. The summed E-state index contributed by atoms with van der Waals surface area (Å²) in [6, 6.07) is 0.434. The van der Waals surface area contributed by atoms with Gasteiger partial charge < -0.3 is 4.74 Å². The number of nitrogens with zero attached hydrogens (tertiary/aromatic N) is 1. The molecule has 0 radical (unpaired) electrons. The van der Waals surface area contributed by atoms with Crippen molar-refractivity contribution in [3.63, 3.8) is 0 Å². The van der Waals surface area contributed by atoms with Crippen molar-refractivity contribution in [2.45, 2.75) is 17.9 Å². The molecule has 1 aromatic rings. The van der Waals surface area contributed by atoms with Crippen molar-refractivity contribution in [1.29, 1.82) is 0 Å². The zero-order valence-corrected chi connectivity index (χ0v) is 11.6. The highest BCUT2D eigenvalue weighted by atomic mass is 79.9. The smallest absolute Gasteiger partial charge is 0.323 e. The molecule has 1 rings (SSSR count). The first kappa shape index (κ1) is 14.1. The minimum atomic E-state index is -3.78. The van der Waals surface area contributed by atoms with Gasteiger partial charge in [0.05, 0.1) is 7.11 Å². The van der Waals surface area contributed by atoms with Gasteiger partial charge in [-0.2, -0.15) is 4.72 Å². The average Bonchev–Trinajstić information content (AvgIpc) is 2.27. The molecule has 0 aliphatic heterocycles. The van der Waals surface area contributed by atoms with Crippen LogP contribution >= 0.6 is 15.9 Å². The molecular formula is C9H11BrN2O4S. The van der Waals surface area contributed by atoms with Crippen LogP contribution in [0.2, 0.25) is 0 Å². The van der Waals surface area contributed by atoms with E-state index in [9.17, 15) is 13.2 Å². The van der Waals surface area contributed by atoms with Crippen LogP contribution in [0.4, 0.5) is 0 Å². The first-order valence-corrected chi connectivity index (χ1v) is 6.85. The molecule has 0 aromatic carbocycles. The van der Waals surface area contributed by atoms with Crippen LogP contribution in [0, 0.1) is 0 Å². The highest BCUT2D eigenvalue weighted by molar-refractivity contribution is 9.10. The number of pyridine rings is 1. The topological polar surface area (TPSA) is 85.4 Å². The van der Waals surface area contributed by atoms with Gasteiger partial charge in [0.25, 0.3) is 0 Å². The third-order valence-electron chi connectivity index (χ3n) is 1.88. The maximum absolute atomic E-state index is 11.8. The van der Waals surface area contributed by atoms with Gasteiger partial charge in [0, 0.05) is 16.9 Å². The molecule has 0 aliphatic rings. The van der Waals surface area contributed by atoms with E-state index >= 15 is 0 Å². The summed E-state index contributed by atoms with van der Waals surface area (Å²) in [5, 5.41) is 0. The fourth-order valence-corrected chi connectivity index (χ4v) is 2.76. The fourth-order valence-electron chi connectivity index (χ4n) is 1.06. The second kappa shape index (κ2) is 5.56. The predicted molar refractivity (Wildman–Crippen MR) is 63.7 cm³/mol. The van der Waals surface area contributed by atoms with Gasteiger partial charge in [-0.25, -0.2) is 8.42 Å². The predicted octanol–water partition coefficient (Wildman–Crippen LogP) is 0.684. The quantitative estimate of drug-likeness (QED) is 0.824. The summed E-state index contributed by atoms with van der Waals surface area (Å²) in [7, 11) is -2.59. The van der Waals surface area contributed by atoms with Crippen LogP contribution in [-0.4, -0.2) is 32.5 Å². The zero-order chi connectivity index (χ0) is 13.1. The molecule has 1 atom stereocenters. The average molecular weight is 323 g/mol. The normalized spacial score (nSPS) is 13.1. The molecule has 1 N–H and O–H groups in total. The highest BCUT2D eigenvalue weighted by Crippen LogP contribution is 2.14. The molecule has 1 aromatic heterocycles. The molecule has 0 bridgehead atoms. The molecule has 0 spiro atoms. The number of carbonyl (C=O) groups is 1. The molecule has 8 heteroatoms. The number of esters is 1. The van der Waals surface area contributed by atoms with Crippen molar-refractivity contribution in [2.24, 2.45) is 0 Å². The summed E-state index contributed by atoms with van der Waals surface area (Å²) in [5.74, 6) is -0.656. The lowest BCUT2D eigenvalue weighted by atomic mass is 10.4. The molecule has 94 valence electrons. The minimum absolute atomic E-state index is 0.0253. The third kappa shape index (κ3) is 3.76. The van der Waals surface area contributed by atoms with Crippen LogP contribution < -0.4 is 4.72 Å². The molecule has 6 nitrogen and oxygen atoms in total. The summed E-state index contributed by atoms with van der Waals surface area (Å²) in [4.78, 5) is 14.8. The van der Waals surface area contributed by atoms with Crippen LogP contribution in [0.5, 0.6) is 0 Å². The van der Waals surface area contributed by atoms with E-state index in [0.717, 1.165) is 0 Å². The SMILES string of the molecule is COC(=O)C(C)NS(=O)(=O)c1cncc(Br)c1. The maximum atomic E-state index is 11.8. The van der Waals surface area contributed by atoms with Crippen LogP contribution in [-0.2, 0) is 19.6 Å². The van der Waals surface area contributed by atoms with Gasteiger partial charge in [0.15, 0.2) is 0 Å². The summed E-state index contributed by atoms with van der Waals surface area (Å²) < 4.78 is 30.8. The van der Waals surface area contributed by atoms with Gasteiger partial charge in [-0.3, -0.25) is 9.78 Å². The van der Waals surface area contributed by atoms with Gasteiger partial charge in [-0.1, -0.05) is 0 Å². The Balaban J connectivity index is 2.93. The van der Waals surface area contributed by atoms with E-state index in [-0.39, 0.29) is 4.90 Å². The second-order valence-corrected chi connectivity index (χ2v) is 5.83. The Kier molecular flexibility index (Phi) is 4.61. The number of rotatable bonds is 4. The fraction of sp³-hybridized carbons (Fsp3) is 0.333. The zero-order valence-electron chi connectivity index (χ0n) is 9.18. The summed E-state index contributed by atoms with van der Waals surface area (Å²) in [5.41, 5.74) is 0. The maximum Gasteiger partial charge on any atom is 0.323 e. The number of hydrogen-bond donors (Lipinski definition) is 1. The third-order valence-corrected chi connectivity index (χ3v) is 3.82. The Morgan fingerprint density at radius 1 is 1.53 bits per heavy atom. The lowest BCUT2D eigenvalue weighted by Gasteiger charge is -2.11. The number of ether oxygens (including phenoxy) is 1. The van der Waals surface area contributed by atoms with E-state index in [0.29, 0.717) is 4.47 Å².